The van der Waals surface area contributed by atoms with Crippen molar-refractivity contribution in [3.05, 3.63) is 48.3 Å². The Morgan fingerprint density at radius 2 is 2.16 bits per heavy atom. The Bertz CT molecular complexity index is 873. The first kappa shape index (κ1) is 15.6. The van der Waals surface area contributed by atoms with Crippen LogP contribution in [0.2, 0.25) is 0 Å². The summed E-state index contributed by atoms with van der Waals surface area (Å²) in [4.78, 5) is 10.9. The monoisotopic (exact) mass is 342 g/mol. The van der Waals surface area contributed by atoms with Crippen LogP contribution in [0.1, 0.15) is 35.0 Å². The van der Waals surface area contributed by atoms with Crippen molar-refractivity contribution in [1.82, 2.24) is 19.6 Å². The lowest BCUT2D eigenvalue weighted by Gasteiger charge is -2.23. The summed E-state index contributed by atoms with van der Waals surface area (Å²) in [5, 5.41) is 17.8. The van der Waals surface area contributed by atoms with E-state index in [1.165, 1.54) is 12.3 Å². The van der Waals surface area contributed by atoms with Crippen molar-refractivity contribution in [3.63, 3.8) is 0 Å². The number of aromatic carboxylic acids is 1. The molecule has 0 atom stereocenters. The molecule has 3 aromatic heterocycles. The van der Waals surface area contributed by atoms with Gasteiger partial charge in [0.05, 0.1) is 30.0 Å². The molecule has 25 heavy (non-hydrogen) atoms. The molecule has 8 nitrogen and oxygen atoms in total. The van der Waals surface area contributed by atoms with E-state index in [2.05, 4.69) is 10.2 Å². The number of hydrogen-bond donors (Lipinski definition) is 1. The van der Waals surface area contributed by atoms with Crippen molar-refractivity contribution in [2.24, 2.45) is 0 Å². The Morgan fingerprint density at radius 1 is 1.32 bits per heavy atom. The number of ether oxygens (including phenoxy) is 1. The number of aromatic nitrogens is 4. The van der Waals surface area contributed by atoms with Crippen LogP contribution >= 0.6 is 0 Å². The summed E-state index contributed by atoms with van der Waals surface area (Å²) >= 11 is 0. The zero-order valence-corrected chi connectivity index (χ0v) is 13.5. The topological polar surface area (TPSA) is 95.3 Å². The maximum Gasteiger partial charge on any atom is 0.338 e. The van der Waals surface area contributed by atoms with Crippen LogP contribution in [0.5, 0.6) is 0 Å². The van der Waals surface area contributed by atoms with Crippen molar-refractivity contribution in [3.8, 4) is 11.3 Å². The molecule has 0 saturated carbocycles. The summed E-state index contributed by atoms with van der Waals surface area (Å²) in [6.45, 7) is 1.89. The molecule has 3 aromatic rings. The summed E-state index contributed by atoms with van der Waals surface area (Å²) in [6, 6.07) is 3.83. The molecular formula is C17H18N4O4. The van der Waals surface area contributed by atoms with Crippen LogP contribution in [0, 0.1) is 0 Å². The first-order valence-electron chi connectivity index (χ1n) is 8.15. The van der Waals surface area contributed by atoms with Crippen molar-refractivity contribution >= 4 is 5.97 Å². The van der Waals surface area contributed by atoms with Gasteiger partial charge < -0.3 is 14.3 Å². The van der Waals surface area contributed by atoms with Gasteiger partial charge >= 0.3 is 5.97 Å². The summed E-state index contributed by atoms with van der Waals surface area (Å²) in [5.41, 5.74) is 2.12. The van der Waals surface area contributed by atoms with E-state index in [1.54, 1.807) is 17.1 Å². The van der Waals surface area contributed by atoms with Gasteiger partial charge in [0, 0.05) is 31.2 Å². The van der Waals surface area contributed by atoms with Crippen molar-refractivity contribution < 1.29 is 19.1 Å². The Labute approximate surface area is 143 Å². The van der Waals surface area contributed by atoms with Crippen LogP contribution < -0.4 is 0 Å². The predicted molar refractivity (Wildman–Crippen MR) is 87.3 cm³/mol. The smallest absolute Gasteiger partial charge is 0.338 e. The average Bonchev–Trinajstić information content (AvgIpc) is 3.36. The van der Waals surface area contributed by atoms with Crippen molar-refractivity contribution in [2.45, 2.75) is 25.4 Å². The molecule has 1 fully saturated rings. The Balaban J connectivity index is 1.53. The fourth-order valence-corrected chi connectivity index (χ4v) is 3.08. The minimum atomic E-state index is -1.00. The van der Waals surface area contributed by atoms with Crippen molar-refractivity contribution in [1.29, 1.82) is 0 Å². The minimum Gasteiger partial charge on any atom is -0.478 e. The van der Waals surface area contributed by atoms with Crippen LogP contribution in [0.15, 0.2) is 41.4 Å². The van der Waals surface area contributed by atoms with E-state index in [-0.39, 0.29) is 5.56 Å². The van der Waals surface area contributed by atoms with E-state index in [9.17, 15) is 4.79 Å². The summed E-state index contributed by atoms with van der Waals surface area (Å²) < 4.78 is 14.5. The fourth-order valence-electron chi connectivity index (χ4n) is 3.08. The van der Waals surface area contributed by atoms with E-state index < -0.39 is 5.97 Å². The molecule has 130 valence electrons. The van der Waals surface area contributed by atoms with Crippen LogP contribution in [-0.4, -0.2) is 43.9 Å². The van der Waals surface area contributed by atoms with Gasteiger partial charge in [-0.15, -0.1) is 0 Å². The second-order valence-electron chi connectivity index (χ2n) is 6.04. The highest BCUT2D eigenvalue weighted by Gasteiger charge is 2.20. The highest BCUT2D eigenvalue weighted by atomic mass is 16.5. The molecule has 4 heterocycles. The largest absolute Gasteiger partial charge is 0.478 e. The average molecular weight is 342 g/mol. The van der Waals surface area contributed by atoms with Crippen molar-refractivity contribution in [2.75, 3.05) is 13.2 Å². The maximum atomic E-state index is 10.9. The molecule has 4 rings (SSSR count). The van der Waals surface area contributed by atoms with Crippen LogP contribution in [0.25, 0.3) is 11.3 Å². The summed E-state index contributed by atoms with van der Waals surface area (Å²) in [5.74, 6) is -0.457. The molecule has 0 amide bonds. The zero-order valence-electron chi connectivity index (χ0n) is 13.5. The highest BCUT2D eigenvalue weighted by Crippen LogP contribution is 2.27. The van der Waals surface area contributed by atoms with Crippen LogP contribution in [0.3, 0.4) is 0 Å². The first-order chi connectivity index (χ1) is 12.2. The van der Waals surface area contributed by atoms with Gasteiger partial charge in [-0.2, -0.15) is 10.2 Å². The molecule has 0 bridgehead atoms. The third kappa shape index (κ3) is 3.20. The Morgan fingerprint density at radius 3 is 2.92 bits per heavy atom. The summed E-state index contributed by atoms with van der Waals surface area (Å²) in [6.07, 6.45) is 8.64. The van der Waals surface area contributed by atoms with Gasteiger partial charge in [0.25, 0.3) is 0 Å². The van der Waals surface area contributed by atoms with Gasteiger partial charge in [0.2, 0.25) is 0 Å². The first-order valence-corrected chi connectivity index (χ1v) is 8.15. The van der Waals surface area contributed by atoms with Crippen LogP contribution in [0.4, 0.5) is 0 Å². The van der Waals surface area contributed by atoms with Gasteiger partial charge in [-0.25, -0.2) is 4.79 Å². The van der Waals surface area contributed by atoms with Gasteiger partial charge in [-0.3, -0.25) is 9.36 Å². The zero-order chi connectivity index (χ0) is 17.2. The third-order valence-electron chi connectivity index (χ3n) is 4.35. The van der Waals surface area contributed by atoms with E-state index in [4.69, 9.17) is 14.3 Å². The van der Waals surface area contributed by atoms with Gasteiger partial charge in [-0.1, -0.05) is 0 Å². The molecule has 1 saturated heterocycles. The third-order valence-corrected chi connectivity index (χ3v) is 4.35. The fraction of sp³-hybridized carbons (Fsp3) is 0.353. The molecule has 0 spiro atoms. The van der Waals surface area contributed by atoms with Gasteiger partial charge in [0.15, 0.2) is 0 Å². The van der Waals surface area contributed by atoms with Gasteiger partial charge in [0.1, 0.15) is 12.0 Å². The predicted octanol–water partition coefficient (Wildman–Crippen LogP) is 2.44. The molecule has 8 heteroatoms. The highest BCUT2D eigenvalue weighted by molar-refractivity contribution is 5.87. The molecule has 0 aliphatic carbocycles. The molecule has 0 radical (unpaired) electrons. The Hall–Kier alpha value is -2.87. The quantitative estimate of drug-likeness (QED) is 0.765. The molecule has 1 aliphatic heterocycles. The SMILES string of the molecule is O=C(O)c1coc(Cn2cc(-c3ccnn3C3CCOCC3)cn2)c1. The van der Waals surface area contributed by atoms with E-state index >= 15 is 0 Å². The van der Waals surface area contributed by atoms with Gasteiger partial charge in [-0.05, 0) is 25.0 Å². The number of carboxylic acid groups (broad SMARTS) is 1. The maximum absolute atomic E-state index is 10.9. The second-order valence-corrected chi connectivity index (χ2v) is 6.04. The number of nitrogens with zero attached hydrogens (tertiary/aromatic N) is 4. The number of hydrogen-bond acceptors (Lipinski definition) is 5. The second kappa shape index (κ2) is 6.56. The molecule has 0 aromatic carbocycles. The lowest BCUT2D eigenvalue weighted by Crippen LogP contribution is -2.21. The number of carbonyl (C=O) groups is 1. The number of furan rings is 1. The molecule has 0 unspecified atom stereocenters. The van der Waals surface area contributed by atoms with E-state index in [1.807, 2.05) is 16.9 Å². The standard InChI is InChI=1S/C17H18N4O4/c22-17(23)12-7-15(25-11-12)10-20-9-13(8-19-20)16-1-4-18-21(16)14-2-5-24-6-3-14/h1,4,7-9,11,14H,2-3,5-6,10H2,(H,22,23). The Kier molecular flexibility index (Phi) is 4.10. The minimum absolute atomic E-state index is 0.139. The number of carboxylic acids is 1. The van der Waals surface area contributed by atoms with E-state index in [0.717, 1.165) is 37.3 Å². The molecule has 1 N–H and O–H groups in total. The lowest BCUT2D eigenvalue weighted by atomic mass is 10.1. The van der Waals surface area contributed by atoms with Crippen LogP contribution in [-0.2, 0) is 11.3 Å². The summed E-state index contributed by atoms with van der Waals surface area (Å²) in [7, 11) is 0. The normalized spacial score (nSPS) is 15.5. The number of rotatable bonds is 5. The van der Waals surface area contributed by atoms with E-state index in [0.29, 0.717) is 18.3 Å². The molecular weight excluding hydrogens is 324 g/mol. The lowest BCUT2D eigenvalue weighted by molar-refractivity contribution is 0.0667. The molecule has 1 aliphatic rings.